The number of hydrogen-bond acceptors (Lipinski definition) is 5. The summed E-state index contributed by atoms with van der Waals surface area (Å²) in [6.45, 7) is 4.80. The molecule has 0 radical (unpaired) electrons. The van der Waals surface area contributed by atoms with Crippen LogP contribution in [0, 0.1) is 0 Å². The highest BCUT2D eigenvalue weighted by Gasteiger charge is 2.28. The average Bonchev–Trinajstić information content (AvgIpc) is 3.55. The molecule has 3 unspecified atom stereocenters. The normalized spacial score (nSPS) is 14.3. The van der Waals surface area contributed by atoms with Crippen molar-refractivity contribution in [2.45, 2.75) is 341 Å². The summed E-state index contributed by atoms with van der Waals surface area (Å²) < 4.78 is 23.9. The van der Waals surface area contributed by atoms with Gasteiger partial charge < -0.3 is 19.8 Å². The Morgan fingerprint density at radius 3 is 0.989 bits per heavy atom. The Hall–Kier alpha value is -3.10. The molecule has 89 heavy (non-hydrogen) atoms. The lowest BCUT2D eigenvalue weighted by Crippen LogP contribution is -2.46. The predicted octanol–water partition coefficient (Wildman–Crippen LogP) is 24.4. The lowest BCUT2D eigenvalue weighted by molar-refractivity contribution is -0.870. The maximum Gasteiger partial charge on any atom is 0.472 e. The Kier molecular flexibility index (Phi) is 66.8. The van der Waals surface area contributed by atoms with Gasteiger partial charge in [0, 0.05) is 6.42 Å². The largest absolute Gasteiger partial charge is 0.472 e. The number of nitrogens with zero attached hydrogens (tertiary/aromatic N) is 1. The Labute approximate surface area is 552 Å². The van der Waals surface area contributed by atoms with Crippen LogP contribution in [0.25, 0.3) is 0 Å². The van der Waals surface area contributed by atoms with Crippen LogP contribution < -0.4 is 5.32 Å². The third-order valence-electron chi connectivity index (χ3n) is 16.5. The van der Waals surface area contributed by atoms with E-state index >= 15 is 0 Å². The van der Waals surface area contributed by atoms with Crippen LogP contribution in [0.15, 0.2) is 122 Å². The van der Waals surface area contributed by atoms with E-state index in [0.29, 0.717) is 23.9 Å². The summed E-state index contributed by atoms with van der Waals surface area (Å²) in [4.78, 5) is 23.5. The fraction of sp³-hybridized carbons (Fsp3) is 0.738. The standard InChI is InChI=1S/C80H143N2O6P/c1-6-8-10-12-14-16-18-20-22-24-26-28-30-32-34-36-37-38-39-40-41-42-43-44-45-46-48-50-52-54-56-58-60-62-64-66-68-70-72-74-80(84)81-78(77-88-89(85,86)87-76-75-82(3,4)5)79(83)73-71-69-67-65-63-61-59-57-55-53-51-49-47-35-33-31-29-27-25-23-21-19-17-15-13-11-9-7-2/h8,10,14,16,20,22,26,28,32,34,37-38,40-41,43-44,46,48,52,54,78-79,83H,6-7,9,11-13,15,17-19,21,23-25,27,29-31,33,35-36,39,42,45,47,49-51,53,55-77H2,1-5H3,(H-,81,84,85,86)/p+1/b10-8-,16-14-,22-20-,28-26-,34-32-,38-37-,41-40-,44-43-,48-46-,54-52-. The van der Waals surface area contributed by atoms with Crippen LogP contribution in [-0.2, 0) is 18.4 Å². The van der Waals surface area contributed by atoms with E-state index in [1.807, 2.05) is 21.1 Å². The predicted molar refractivity (Wildman–Crippen MR) is 392 cm³/mol. The van der Waals surface area contributed by atoms with Gasteiger partial charge in [-0.25, -0.2) is 4.57 Å². The van der Waals surface area contributed by atoms with Gasteiger partial charge in [-0.05, 0) is 89.9 Å². The van der Waals surface area contributed by atoms with Gasteiger partial charge in [-0.2, -0.15) is 0 Å². The monoisotopic (exact) mass is 1260 g/mol. The number of phosphoric acid groups is 1. The van der Waals surface area contributed by atoms with Crippen molar-refractivity contribution >= 4 is 13.7 Å². The van der Waals surface area contributed by atoms with E-state index in [1.54, 1.807) is 0 Å². The van der Waals surface area contributed by atoms with E-state index in [2.05, 4.69) is 141 Å². The van der Waals surface area contributed by atoms with Gasteiger partial charge in [-0.15, -0.1) is 0 Å². The van der Waals surface area contributed by atoms with Gasteiger partial charge in [0.1, 0.15) is 13.2 Å². The van der Waals surface area contributed by atoms with E-state index < -0.39 is 20.0 Å². The molecule has 0 saturated carbocycles. The molecule has 0 aromatic heterocycles. The molecule has 8 nitrogen and oxygen atoms in total. The topological polar surface area (TPSA) is 105 Å². The van der Waals surface area contributed by atoms with Crippen LogP contribution in [0.3, 0.4) is 0 Å². The molecule has 0 spiro atoms. The van der Waals surface area contributed by atoms with E-state index in [-0.39, 0.29) is 19.1 Å². The van der Waals surface area contributed by atoms with Gasteiger partial charge in [0.25, 0.3) is 0 Å². The van der Waals surface area contributed by atoms with E-state index in [9.17, 15) is 19.4 Å². The van der Waals surface area contributed by atoms with Gasteiger partial charge in [0.2, 0.25) is 5.91 Å². The second-order valence-electron chi connectivity index (χ2n) is 26.3. The van der Waals surface area contributed by atoms with E-state index in [1.165, 1.54) is 193 Å². The molecule has 0 heterocycles. The first-order valence-corrected chi connectivity index (χ1v) is 38.9. The zero-order valence-electron chi connectivity index (χ0n) is 58.9. The van der Waals surface area contributed by atoms with Gasteiger partial charge in [-0.3, -0.25) is 13.8 Å². The van der Waals surface area contributed by atoms with Gasteiger partial charge in [0.05, 0.1) is 39.9 Å². The second-order valence-corrected chi connectivity index (χ2v) is 27.8. The van der Waals surface area contributed by atoms with Gasteiger partial charge in [-0.1, -0.05) is 354 Å². The second kappa shape index (κ2) is 69.2. The molecule has 3 atom stereocenters. The quantitative estimate of drug-likeness (QED) is 0.0243. The van der Waals surface area contributed by atoms with Crippen LogP contribution >= 0.6 is 7.82 Å². The van der Waals surface area contributed by atoms with Crippen molar-refractivity contribution in [3.8, 4) is 0 Å². The molecule has 0 fully saturated rings. The number of allylic oxidation sites excluding steroid dienone is 20. The number of carbonyl (C=O) groups excluding carboxylic acids is 1. The molecule has 0 aliphatic rings. The number of amides is 1. The number of rotatable bonds is 68. The van der Waals surface area contributed by atoms with Crippen molar-refractivity contribution in [2.24, 2.45) is 0 Å². The van der Waals surface area contributed by atoms with Crippen molar-refractivity contribution in [1.29, 1.82) is 0 Å². The Balaban J connectivity index is 4.08. The highest BCUT2D eigenvalue weighted by molar-refractivity contribution is 7.47. The number of unbranched alkanes of at least 4 members (excludes halogenated alkanes) is 35. The minimum absolute atomic E-state index is 0.0681. The molecular formula is C80H144N2O6P+. The van der Waals surface area contributed by atoms with Crippen LogP contribution in [0.4, 0.5) is 0 Å². The van der Waals surface area contributed by atoms with E-state index in [4.69, 9.17) is 9.05 Å². The number of likely N-dealkylation sites (N-methyl/N-ethyl adjacent to an activating group) is 1. The summed E-state index contributed by atoms with van der Waals surface area (Å²) in [5, 5.41) is 14.2. The minimum Gasteiger partial charge on any atom is -0.391 e. The first-order valence-electron chi connectivity index (χ1n) is 37.4. The number of nitrogens with one attached hydrogen (secondary N) is 1. The van der Waals surface area contributed by atoms with Crippen LogP contribution in [-0.4, -0.2) is 73.4 Å². The summed E-state index contributed by atoms with van der Waals surface area (Å²) in [5.74, 6) is -0.153. The first kappa shape index (κ1) is 85.9. The lowest BCUT2D eigenvalue weighted by Gasteiger charge is -2.26. The molecule has 0 aromatic carbocycles. The van der Waals surface area contributed by atoms with Crippen LogP contribution in [0.5, 0.6) is 0 Å². The summed E-state index contributed by atoms with van der Waals surface area (Å²) >= 11 is 0. The summed E-state index contributed by atoms with van der Waals surface area (Å²) in [6, 6.07) is -0.776. The molecule has 0 aliphatic heterocycles. The molecular weight excluding hydrogens is 1120 g/mol. The highest BCUT2D eigenvalue weighted by atomic mass is 31.2. The number of phosphoric ester groups is 1. The van der Waals surface area contributed by atoms with E-state index in [0.717, 1.165) is 109 Å². The fourth-order valence-corrected chi connectivity index (χ4v) is 11.5. The van der Waals surface area contributed by atoms with Crippen molar-refractivity contribution < 1.29 is 32.9 Å². The molecule has 0 rings (SSSR count). The molecule has 0 bridgehead atoms. The minimum atomic E-state index is -4.34. The number of carbonyl (C=O) groups is 1. The average molecular weight is 1260 g/mol. The molecule has 0 aliphatic carbocycles. The number of aliphatic hydroxyl groups excluding tert-OH is 1. The molecule has 0 saturated heterocycles. The molecule has 9 heteroatoms. The van der Waals surface area contributed by atoms with Crippen molar-refractivity contribution in [3.05, 3.63) is 122 Å². The fourth-order valence-electron chi connectivity index (χ4n) is 10.7. The Morgan fingerprint density at radius 1 is 0.393 bits per heavy atom. The first-order chi connectivity index (χ1) is 43.5. The Morgan fingerprint density at radius 2 is 0.674 bits per heavy atom. The smallest absolute Gasteiger partial charge is 0.391 e. The van der Waals surface area contributed by atoms with Crippen molar-refractivity contribution in [1.82, 2.24) is 5.32 Å². The van der Waals surface area contributed by atoms with Gasteiger partial charge >= 0.3 is 7.82 Å². The number of hydrogen-bond donors (Lipinski definition) is 3. The van der Waals surface area contributed by atoms with Crippen molar-refractivity contribution in [2.75, 3.05) is 40.9 Å². The molecule has 514 valence electrons. The maximum atomic E-state index is 13.1. The van der Waals surface area contributed by atoms with Crippen LogP contribution in [0.2, 0.25) is 0 Å². The SMILES string of the molecule is CC/C=C\C/C=C\C/C=C\C/C=C\C/C=C\C/C=C\C/C=C\C/C=C\C/C=C\C/C=C\CCCCCCCCCCC(=O)NC(COP(=O)(O)OCC[N+](C)(C)C)C(O)CCCCCCCCCCCCCCCCCCCCCCCCCCCCCC. The number of quaternary nitrogens is 1. The molecule has 3 N–H and O–H groups in total. The summed E-state index contributed by atoms with van der Waals surface area (Å²) in [6.07, 6.45) is 103. The van der Waals surface area contributed by atoms with Crippen molar-refractivity contribution in [3.63, 3.8) is 0 Å². The number of aliphatic hydroxyl groups is 1. The molecule has 0 aromatic rings. The Bertz CT molecular complexity index is 1870. The maximum absolute atomic E-state index is 13.1. The van der Waals surface area contributed by atoms with Crippen LogP contribution in [0.1, 0.15) is 328 Å². The third kappa shape index (κ3) is 72.2. The summed E-state index contributed by atoms with van der Waals surface area (Å²) in [7, 11) is 1.61. The zero-order valence-corrected chi connectivity index (χ0v) is 59.8. The molecule has 1 amide bonds. The lowest BCUT2D eigenvalue weighted by atomic mass is 10.0. The zero-order chi connectivity index (χ0) is 64.8. The third-order valence-corrected chi connectivity index (χ3v) is 17.5. The van der Waals surface area contributed by atoms with Gasteiger partial charge in [0.15, 0.2) is 0 Å². The summed E-state index contributed by atoms with van der Waals surface area (Å²) in [5.41, 5.74) is 0. The highest BCUT2D eigenvalue weighted by Crippen LogP contribution is 2.43.